The minimum atomic E-state index is 0.0482. The Balaban J connectivity index is 2.14. The summed E-state index contributed by atoms with van der Waals surface area (Å²) in [4.78, 5) is 4.31. The predicted molar refractivity (Wildman–Crippen MR) is 76.3 cm³/mol. The quantitative estimate of drug-likeness (QED) is 0.914. The lowest BCUT2D eigenvalue weighted by Gasteiger charge is -2.05. The highest BCUT2D eigenvalue weighted by Crippen LogP contribution is 2.27. The lowest BCUT2D eigenvalue weighted by atomic mass is 10.1. The van der Waals surface area contributed by atoms with E-state index in [2.05, 4.69) is 17.1 Å². The molecule has 2 N–H and O–H groups in total. The molecule has 0 aliphatic rings. The molecule has 0 aliphatic carbocycles. The third-order valence-electron chi connectivity index (χ3n) is 2.74. The number of aromatic nitrogens is 2. The number of benzene rings is 1. The van der Waals surface area contributed by atoms with Gasteiger partial charge in [0.2, 0.25) is 11.7 Å². The van der Waals surface area contributed by atoms with E-state index in [0.29, 0.717) is 28.2 Å². The van der Waals surface area contributed by atoms with Crippen molar-refractivity contribution >= 4 is 23.2 Å². The molecule has 19 heavy (non-hydrogen) atoms. The maximum absolute atomic E-state index is 5.96. The average Bonchev–Trinajstić information content (AvgIpc) is 2.81. The molecule has 2 rings (SSSR count). The fourth-order valence-electron chi connectivity index (χ4n) is 1.79. The van der Waals surface area contributed by atoms with Gasteiger partial charge in [-0.05, 0) is 24.6 Å². The van der Waals surface area contributed by atoms with Crippen LogP contribution in [0.25, 0.3) is 11.4 Å². The highest BCUT2D eigenvalue weighted by Gasteiger charge is 2.12. The van der Waals surface area contributed by atoms with Crippen LogP contribution in [-0.4, -0.2) is 16.2 Å². The van der Waals surface area contributed by atoms with Crippen molar-refractivity contribution in [2.75, 3.05) is 0 Å². The van der Waals surface area contributed by atoms with Gasteiger partial charge in [-0.3, -0.25) is 0 Å². The van der Waals surface area contributed by atoms with Gasteiger partial charge < -0.3 is 10.3 Å². The van der Waals surface area contributed by atoms with Gasteiger partial charge in [-0.25, -0.2) is 0 Å². The van der Waals surface area contributed by atoms with E-state index in [-0.39, 0.29) is 6.04 Å². The van der Waals surface area contributed by atoms with Crippen LogP contribution in [0.4, 0.5) is 0 Å². The highest BCUT2D eigenvalue weighted by atomic mass is 35.5. The van der Waals surface area contributed by atoms with Crippen molar-refractivity contribution in [2.45, 2.75) is 32.2 Å². The largest absolute Gasteiger partial charge is 0.339 e. The Labute approximate surface area is 121 Å². The SMILES string of the molecule is CCCC(N)Cc1nc(-c2ccc(Cl)c(Cl)c2)no1. The zero-order valence-electron chi connectivity index (χ0n) is 10.6. The third-order valence-corrected chi connectivity index (χ3v) is 3.48. The number of nitrogens with two attached hydrogens (primary N) is 1. The topological polar surface area (TPSA) is 64.9 Å². The van der Waals surface area contributed by atoms with E-state index in [4.69, 9.17) is 33.5 Å². The van der Waals surface area contributed by atoms with E-state index < -0.39 is 0 Å². The third kappa shape index (κ3) is 3.69. The van der Waals surface area contributed by atoms with E-state index in [1.165, 1.54) is 0 Å². The molecule has 0 fully saturated rings. The van der Waals surface area contributed by atoms with Crippen LogP contribution in [0.2, 0.25) is 10.0 Å². The highest BCUT2D eigenvalue weighted by molar-refractivity contribution is 6.42. The van der Waals surface area contributed by atoms with Gasteiger partial charge >= 0.3 is 0 Å². The van der Waals surface area contributed by atoms with Crippen molar-refractivity contribution in [1.29, 1.82) is 0 Å². The van der Waals surface area contributed by atoms with Crippen LogP contribution in [0, 0.1) is 0 Å². The van der Waals surface area contributed by atoms with Crippen LogP contribution in [0.3, 0.4) is 0 Å². The summed E-state index contributed by atoms with van der Waals surface area (Å²) in [6.07, 6.45) is 2.56. The van der Waals surface area contributed by atoms with Crippen molar-refractivity contribution in [3.05, 3.63) is 34.1 Å². The first kappa shape index (κ1) is 14.3. The van der Waals surface area contributed by atoms with E-state index in [0.717, 1.165) is 18.4 Å². The summed E-state index contributed by atoms with van der Waals surface area (Å²) in [6.45, 7) is 2.09. The summed E-state index contributed by atoms with van der Waals surface area (Å²) >= 11 is 11.8. The van der Waals surface area contributed by atoms with Gasteiger partial charge in [-0.1, -0.05) is 41.7 Å². The van der Waals surface area contributed by atoms with Crippen LogP contribution < -0.4 is 5.73 Å². The van der Waals surface area contributed by atoms with E-state index in [1.807, 2.05) is 0 Å². The second kappa shape index (κ2) is 6.37. The smallest absolute Gasteiger partial charge is 0.228 e. The van der Waals surface area contributed by atoms with Crippen molar-refractivity contribution in [2.24, 2.45) is 5.73 Å². The number of halogens is 2. The fraction of sp³-hybridized carbons (Fsp3) is 0.385. The molecule has 1 atom stereocenters. The average molecular weight is 300 g/mol. The van der Waals surface area contributed by atoms with Crippen molar-refractivity contribution < 1.29 is 4.52 Å². The van der Waals surface area contributed by atoms with Gasteiger partial charge in [-0.2, -0.15) is 4.98 Å². The van der Waals surface area contributed by atoms with Crippen LogP contribution in [-0.2, 0) is 6.42 Å². The summed E-state index contributed by atoms with van der Waals surface area (Å²) < 4.78 is 5.19. The Hall–Kier alpha value is -1.10. The Kier molecular flexibility index (Phi) is 4.80. The molecule has 0 amide bonds. The molecule has 2 aromatic rings. The monoisotopic (exact) mass is 299 g/mol. The summed E-state index contributed by atoms with van der Waals surface area (Å²) in [6, 6.07) is 5.27. The molecule has 1 heterocycles. The van der Waals surface area contributed by atoms with Crippen molar-refractivity contribution in [3.8, 4) is 11.4 Å². The van der Waals surface area contributed by atoms with Crippen LogP contribution in [0.5, 0.6) is 0 Å². The fourth-order valence-corrected chi connectivity index (χ4v) is 2.09. The maximum atomic E-state index is 5.96. The van der Waals surface area contributed by atoms with Crippen molar-refractivity contribution in [3.63, 3.8) is 0 Å². The molecule has 0 saturated heterocycles. The number of hydrogen-bond donors (Lipinski definition) is 1. The molecule has 0 saturated carbocycles. The molecule has 1 aromatic carbocycles. The van der Waals surface area contributed by atoms with Gasteiger partial charge in [0.1, 0.15) is 0 Å². The molecular formula is C13H15Cl2N3O. The van der Waals surface area contributed by atoms with Crippen LogP contribution in [0.15, 0.2) is 22.7 Å². The summed E-state index contributed by atoms with van der Waals surface area (Å²) in [5.74, 6) is 1.04. The zero-order chi connectivity index (χ0) is 13.8. The van der Waals surface area contributed by atoms with Crippen LogP contribution in [0.1, 0.15) is 25.7 Å². The summed E-state index contributed by atoms with van der Waals surface area (Å²) in [5, 5.41) is 4.89. The lowest BCUT2D eigenvalue weighted by Crippen LogP contribution is -2.22. The zero-order valence-corrected chi connectivity index (χ0v) is 12.1. The first-order valence-corrected chi connectivity index (χ1v) is 6.89. The Morgan fingerprint density at radius 3 is 2.79 bits per heavy atom. The van der Waals surface area contributed by atoms with Gasteiger partial charge in [0, 0.05) is 18.0 Å². The maximum Gasteiger partial charge on any atom is 0.228 e. The summed E-state index contributed by atoms with van der Waals surface area (Å²) in [7, 11) is 0. The number of rotatable bonds is 5. The molecule has 0 bridgehead atoms. The van der Waals surface area contributed by atoms with Gasteiger partial charge in [0.05, 0.1) is 10.0 Å². The van der Waals surface area contributed by atoms with Crippen LogP contribution >= 0.6 is 23.2 Å². The Bertz CT molecular complexity index is 557. The normalized spacial score (nSPS) is 12.6. The first-order valence-electron chi connectivity index (χ1n) is 6.13. The molecule has 4 nitrogen and oxygen atoms in total. The second-order valence-corrected chi connectivity index (χ2v) is 5.21. The van der Waals surface area contributed by atoms with E-state index in [9.17, 15) is 0 Å². The molecule has 1 unspecified atom stereocenters. The summed E-state index contributed by atoms with van der Waals surface area (Å²) in [5.41, 5.74) is 6.71. The van der Waals surface area contributed by atoms with Gasteiger partial charge in [0.25, 0.3) is 0 Å². The molecule has 6 heteroatoms. The standard InChI is InChI=1S/C13H15Cl2N3O/c1-2-3-9(16)7-12-17-13(18-19-12)8-4-5-10(14)11(15)6-8/h4-6,9H,2-3,7,16H2,1H3. The molecule has 0 radical (unpaired) electrons. The minimum absolute atomic E-state index is 0.0482. The van der Waals surface area contributed by atoms with Gasteiger partial charge in [0.15, 0.2) is 0 Å². The molecule has 1 aromatic heterocycles. The molecule has 102 valence electrons. The second-order valence-electron chi connectivity index (χ2n) is 4.39. The lowest BCUT2D eigenvalue weighted by molar-refractivity contribution is 0.366. The number of nitrogens with zero attached hydrogens (tertiary/aromatic N) is 2. The van der Waals surface area contributed by atoms with E-state index in [1.54, 1.807) is 18.2 Å². The predicted octanol–water partition coefficient (Wildman–Crippen LogP) is 3.71. The number of hydrogen-bond acceptors (Lipinski definition) is 4. The Morgan fingerprint density at radius 1 is 1.32 bits per heavy atom. The van der Waals surface area contributed by atoms with E-state index >= 15 is 0 Å². The minimum Gasteiger partial charge on any atom is -0.339 e. The van der Waals surface area contributed by atoms with Gasteiger partial charge in [-0.15, -0.1) is 0 Å². The molecule has 0 aliphatic heterocycles. The molecule has 0 spiro atoms. The Morgan fingerprint density at radius 2 is 2.11 bits per heavy atom. The molecular weight excluding hydrogens is 285 g/mol. The van der Waals surface area contributed by atoms with Crippen molar-refractivity contribution in [1.82, 2.24) is 10.1 Å². The first-order chi connectivity index (χ1) is 9.10.